The molecule has 28 heavy (non-hydrogen) atoms. The van der Waals surface area contributed by atoms with Crippen LogP contribution < -0.4 is 0 Å². The Hall–Kier alpha value is -2.66. The van der Waals surface area contributed by atoms with Crippen molar-refractivity contribution < 1.29 is 0 Å². The monoisotopic (exact) mass is 390 g/mol. The maximum Gasteiger partial charge on any atom is 0.206 e. The number of allylic oxidation sites excluding steroid dienone is 1. The van der Waals surface area contributed by atoms with Crippen LogP contribution in [0.5, 0.6) is 0 Å². The number of piperidine rings is 1. The van der Waals surface area contributed by atoms with Crippen molar-refractivity contribution in [2.75, 3.05) is 20.1 Å². The van der Waals surface area contributed by atoms with Crippen LogP contribution in [0.15, 0.2) is 66.6 Å². The van der Waals surface area contributed by atoms with E-state index in [0.717, 1.165) is 42.4 Å². The predicted octanol–water partition coefficient (Wildman–Crippen LogP) is 5.03. The standard InChI is InChI=1S/C23H26N4S/c1-16-14-21(19-9-11-24-12-10-19)25-23(26(16)4)27-13-5-6-20(15-27)18(3)22-8-7-17(2)28-22/h7-12,14,20H,1,3,5-6,13,15H2,2,4H3. The second-order valence-corrected chi connectivity index (χ2v) is 8.74. The lowest BCUT2D eigenvalue weighted by Gasteiger charge is -2.40. The molecule has 0 aliphatic carbocycles. The number of nitrogens with zero attached hydrogens (tertiary/aromatic N) is 4. The van der Waals surface area contributed by atoms with E-state index >= 15 is 0 Å². The van der Waals surface area contributed by atoms with Crippen molar-refractivity contribution in [1.82, 2.24) is 14.8 Å². The first-order valence-corrected chi connectivity index (χ1v) is 10.5. The van der Waals surface area contributed by atoms with Crippen LogP contribution in [0.25, 0.3) is 11.3 Å². The maximum atomic E-state index is 4.99. The van der Waals surface area contributed by atoms with Crippen LogP contribution in [-0.2, 0) is 0 Å². The van der Waals surface area contributed by atoms with Crippen molar-refractivity contribution in [2.45, 2.75) is 19.8 Å². The highest BCUT2D eigenvalue weighted by Crippen LogP contribution is 2.34. The van der Waals surface area contributed by atoms with Gasteiger partial charge in [-0.05, 0) is 55.7 Å². The van der Waals surface area contributed by atoms with E-state index in [-0.39, 0.29) is 0 Å². The van der Waals surface area contributed by atoms with Crippen LogP contribution in [0, 0.1) is 12.8 Å². The van der Waals surface area contributed by atoms with E-state index < -0.39 is 0 Å². The fourth-order valence-electron chi connectivity index (χ4n) is 3.80. The van der Waals surface area contributed by atoms with E-state index in [2.05, 4.69) is 47.0 Å². The van der Waals surface area contributed by atoms with Gasteiger partial charge >= 0.3 is 0 Å². The normalized spacial score (nSPS) is 20.1. The highest BCUT2D eigenvalue weighted by atomic mass is 32.1. The average Bonchev–Trinajstić information content (AvgIpc) is 3.16. The first-order chi connectivity index (χ1) is 13.5. The molecule has 144 valence electrons. The van der Waals surface area contributed by atoms with Gasteiger partial charge in [0.25, 0.3) is 0 Å². The van der Waals surface area contributed by atoms with E-state index in [9.17, 15) is 0 Å². The average molecular weight is 391 g/mol. The Bertz CT molecular complexity index is 954. The summed E-state index contributed by atoms with van der Waals surface area (Å²) in [4.78, 5) is 16.2. The van der Waals surface area contributed by atoms with E-state index in [4.69, 9.17) is 4.99 Å². The molecule has 2 aromatic rings. The number of pyridine rings is 1. The lowest BCUT2D eigenvalue weighted by Crippen LogP contribution is -2.47. The number of aromatic nitrogens is 1. The summed E-state index contributed by atoms with van der Waals surface area (Å²) in [5.74, 6) is 1.42. The molecule has 2 aliphatic heterocycles. The summed E-state index contributed by atoms with van der Waals surface area (Å²) in [5, 5.41) is 0. The summed E-state index contributed by atoms with van der Waals surface area (Å²) in [7, 11) is 2.04. The zero-order valence-electron chi connectivity index (χ0n) is 16.6. The fraction of sp³-hybridized carbons (Fsp3) is 0.304. The number of rotatable bonds is 3. The van der Waals surface area contributed by atoms with E-state index in [1.54, 1.807) is 12.4 Å². The van der Waals surface area contributed by atoms with Gasteiger partial charge in [-0.1, -0.05) is 13.2 Å². The zero-order chi connectivity index (χ0) is 19.7. The van der Waals surface area contributed by atoms with Crippen molar-refractivity contribution in [2.24, 2.45) is 10.9 Å². The van der Waals surface area contributed by atoms with Gasteiger partial charge < -0.3 is 9.80 Å². The highest BCUT2D eigenvalue weighted by Gasteiger charge is 2.29. The Morgan fingerprint density at radius 1 is 1.21 bits per heavy atom. The van der Waals surface area contributed by atoms with Crippen molar-refractivity contribution in [3.63, 3.8) is 0 Å². The molecule has 1 saturated heterocycles. The Labute approximate surface area is 171 Å². The molecule has 2 aliphatic rings. The first kappa shape index (κ1) is 18.7. The molecule has 5 heteroatoms. The second kappa shape index (κ2) is 7.76. The largest absolute Gasteiger partial charge is 0.342 e. The molecule has 4 heterocycles. The molecule has 0 bridgehead atoms. The summed E-state index contributed by atoms with van der Waals surface area (Å²) < 4.78 is 0. The van der Waals surface area contributed by atoms with Gasteiger partial charge in [0.15, 0.2) is 0 Å². The topological polar surface area (TPSA) is 31.7 Å². The summed E-state index contributed by atoms with van der Waals surface area (Å²) in [6.45, 7) is 12.8. The molecule has 1 unspecified atom stereocenters. The van der Waals surface area contributed by atoms with Gasteiger partial charge in [0.05, 0.1) is 5.70 Å². The molecule has 0 saturated carbocycles. The number of aliphatic imine (C=N–C) groups is 1. The smallest absolute Gasteiger partial charge is 0.206 e. The quantitative estimate of drug-likeness (QED) is 0.736. The lowest BCUT2D eigenvalue weighted by atomic mass is 9.90. The Balaban J connectivity index is 1.58. The third-order valence-electron chi connectivity index (χ3n) is 5.48. The predicted molar refractivity (Wildman–Crippen MR) is 119 cm³/mol. The number of hydrogen-bond acceptors (Lipinski definition) is 5. The van der Waals surface area contributed by atoms with Gasteiger partial charge in [-0.15, -0.1) is 11.3 Å². The number of guanidine groups is 1. The fourth-order valence-corrected chi connectivity index (χ4v) is 4.72. The SMILES string of the molecule is C=C(c1ccc(C)s1)C1CCCN(C2=NC(c3ccncc3)=CC(=C)N2C)C1. The minimum Gasteiger partial charge on any atom is -0.342 e. The molecule has 2 aromatic heterocycles. The second-order valence-electron chi connectivity index (χ2n) is 7.45. The molecule has 0 radical (unpaired) electrons. The van der Waals surface area contributed by atoms with Gasteiger partial charge in [-0.25, -0.2) is 4.99 Å². The number of likely N-dealkylation sites (N-methyl/N-ethyl adjacent to an activating group) is 1. The van der Waals surface area contributed by atoms with Crippen LogP contribution in [0.1, 0.15) is 28.2 Å². The van der Waals surface area contributed by atoms with Gasteiger partial charge in [-0.3, -0.25) is 4.98 Å². The van der Waals surface area contributed by atoms with Gasteiger partial charge in [0.1, 0.15) is 0 Å². The van der Waals surface area contributed by atoms with Gasteiger partial charge in [-0.2, -0.15) is 0 Å². The molecule has 0 spiro atoms. The molecule has 1 atom stereocenters. The highest BCUT2D eigenvalue weighted by molar-refractivity contribution is 7.13. The third-order valence-corrected chi connectivity index (χ3v) is 6.56. The van der Waals surface area contributed by atoms with Crippen molar-refractivity contribution in [3.05, 3.63) is 76.9 Å². The van der Waals surface area contributed by atoms with Crippen LogP contribution in [-0.4, -0.2) is 40.9 Å². The van der Waals surface area contributed by atoms with Crippen LogP contribution in [0.2, 0.25) is 0 Å². The number of likely N-dealkylation sites (tertiary alicyclic amines) is 1. The molecule has 1 fully saturated rings. The summed E-state index contributed by atoms with van der Waals surface area (Å²) >= 11 is 1.84. The third kappa shape index (κ3) is 3.67. The molecule has 4 rings (SSSR count). The Kier molecular flexibility index (Phi) is 5.18. The first-order valence-electron chi connectivity index (χ1n) is 9.67. The van der Waals surface area contributed by atoms with Gasteiger partial charge in [0, 0.05) is 59.5 Å². The van der Waals surface area contributed by atoms with Crippen LogP contribution in [0.4, 0.5) is 0 Å². The Morgan fingerprint density at radius 3 is 2.71 bits per heavy atom. The van der Waals surface area contributed by atoms with Crippen molar-refractivity contribution in [3.8, 4) is 0 Å². The summed E-state index contributed by atoms with van der Waals surface area (Å²) in [6.07, 6.45) is 7.96. The molecule has 0 N–H and O–H groups in total. The number of aryl methyl sites for hydroxylation is 1. The zero-order valence-corrected chi connectivity index (χ0v) is 17.4. The molecular weight excluding hydrogens is 364 g/mol. The van der Waals surface area contributed by atoms with E-state index in [0.29, 0.717) is 5.92 Å². The maximum absolute atomic E-state index is 4.99. The summed E-state index contributed by atoms with van der Waals surface area (Å²) in [5.41, 5.74) is 4.21. The Morgan fingerprint density at radius 2 is 2.00 bits per heavy atom. The molecule has 4 nitrogen and oxygen atoms in total. The molecule has 0 aromatic carbocycles. The summed E-state index contributed by atoms with van der Waals surface area (Å²) in [6, 6.07) is 8.37. The van der Waals surface area contributed by atoms with Crippen molar-refractivity contribution >= 4 is 28.6 Å². The number of thiophene rings is 1. The number of hydrogen-bond donors (Lipinski definition) is 0. The molecular formula is C23H26N4S. The minimum absolute atomic E-state index is 0.450. The minimum atomic E-state index is 0.450. The molecule has 0 amide bonds. The van der Waals surface area contributed by atoms with Crippen molar-refractivity contribution in [1.29, 1.82) is 0 Å². The lowest BCUT2D eigenvalue weighted by molar-refractivity contribution is 0.275. The van der Waals surface area contributed by atoms with Gasteiger partial charge in [0.2, 0.25) is 5.96 Å². The van der Waals surface area contributed by atoms with E-state index in [1.807, 2.05) is 36.6 Å². The van der Waals surface area contributed by atoms with Crippen LogP contribution >= 0.6 is 11.3 Å². The van der Waals surface area contributed by atoms with Crippen LogP contribution in [0.3, 0.4) is 0 Å². The van der Waals surface area contributed by atoms with E-state index in [1.165, 1.54) is 21.7 Å².